The van der Waals surface area contributed by atoms with Gasteiger partial charge in [-0.05, 0) is 54.7 Å². The lowest BCUT2D eigenvalue weighted by Gasteiger charge is -2.42. The highest BCUT2D eigenvalue weighted by atomic mass is 16.5. The minimum absolute atomic E-state index is 0.0851. The zero-order valence-electron chi connectivity index (χ0n) is 22.0. The third kappa shape index (κ3) is 5.70. The van der Waals surface area contributed by atoms with Crippen LogP contribution in [0.2, 0.25) is 0 Å². The highest BCUT2D eigenvalue weighted by Crippen LogP contribution is 2.41. The number of amides is 3. The standard InChI is InChI=1S/C27H40N4O6/c1-27(2,3)18-5-7-19(8-6-18)29-12-14-30(15-13-29)25(34)20-9-4-17(16-21(20)24(33)28-37)23-22(32)10-11-31(23)26(35)36/h5-8,17,20-23,32,37H,4,9-16H2,1-3H3,(H,28,33)(H,35,36)/t17-,20-,21-,22+,23?/m0/s1. The molecule has 1 aromatic rings. The number of anilines is 1. The molecule has 204 valence electrons. The summed E-state index contributed by atoms with van der Waals surface area (Å²) in [7, 11) is 0. The number of aliphatic hydroxyl groups is 1. The summed E-state index contributed by atoms with van der Waals surface area (Å²) in [5.74, 6) is -2.35. The number of hydrogen-bond donors (Lipinski definition) is 4. The van der Waals surface area contributed by atoms with Crippen molar-refractivity contribution in [2.24, 2.45) is 17.8 Å². The molecule has 0 radical (unpaired) electrons. The van der Waals surface area contributed by atoms with Crippen LogP contribution in [0.4, 0.5) is 10.5 Å². The fraction of sp³-hybridized carbons (Fsp3) is 0.667. The van der Waals surface area contributed by atoms with E-state index in [0.29, 0.717) is 45.4 Å². The van der Waals surface area contributed by atoms with Gasteiger partial charge in [-0.15, -0.1) is 0 Å². The molecular formula is C27H40N4O6. The summed E-state index contributed by atoms with van der Waals surface area (Å²) < 4.78 is 0. The van der Waals surface area contributed by atoms with Gasteiger partial charge in [0.25, 0.3) is 0 Å². The minimum atomic E-state index is -1.09. The zero-order valence-corrected chi connectivity index (χ0v) is 22.0. The van der Waals surface area contributed by atoms with E-state index in [1.165, 1.54) is 10.5 Å². The fourth-order valence-electron chi connectivity index (χ4n) is 6.36. The Labute approximate surface area is 218 Å². The van der Waals surface area contributed by atoms with Crippen molar-refractivity contribution < 1.29 is 29.8 Å². The quantitative estimate of drug-likeness (QED) is 0.356. The number of rotatable bonds is 4. The molecule has 37 heavy (non-hydrogen) atoms. The third-order valence-electron chi connectivity index (χ3n) is 8.49. The minimum Gasteiger partial charge on any atom is -0.465 e. The number of nitrogens with zero attached hydrogens (tertiary/aromatic N) is 3. The van der Waals surface area contributed by atoms with Crippen LogP contribution in [0, 0.1) is 17.8 Å². The number of piperazine rings is 1. The van der Waals surface area contributed by atoms with Crippen molar-refractivity contribution >= 4 is 23.6 Å². The summed E-state index contributed by atoms with van der Waals surface area (Å²) in [6.45, 7) is 9.26. The van der Waals surface area contributed by atoms with Crippen molar-refractivity contribution in [1.29, 1.82) is 0 Å². The van der Waals surface area contributed by atoms with Crippen molar-refractivity contribution in [3.8, 4) is 0 Å². The van der Waals surface area contributed by atoms with E-state index in [1.54, 1.807) is 10.4 Å². The summed E-state index contributed by atoms with van der Waals surface area (Å²) in [5, 5.41) is 29.4. The van der Waals surface area contributed by atoms with Gasteiger partial charge in [0.05, 0.1) is 18.1 Å². The van der Waals surface area contributed by atoms with Crippen molar-refractivity contribution in [2.45, 2.75) is 64.0 Å². The first-order chi connectivity index (χ1) is 17.5. The molecule has 4 rings (SSSR count). The molecule has 10 heteroatoms. The van der Waals surface area contributed by atoms with E-state index in [1.807, 2.05) is 0 Å². The Balaban J connectivity index is 1.40. The molecule has 2 saturated heterocycles. The predicted molar refractivity (Wildman–Crippen MR) is 137 cm³/mol. The molecule has 1 aliphatic carbocycles. The van der Waals surface area contributed by atoms with Crippen LogP contribution in [0.5, 0.6) is 0 Å². The molecule has 1 saturated carbocycles. The summed E-state index contributed by atoms with van der Waals surface area (Å²) in [6, 6.07) is 7.94. The number of carbonyl (C=O) groups is 3. The first-order valence-electron chi connectivity index (χ1n) is 13.3. The Bertz CT molecular complexity index is 986. The smallest absolute Gasteiger partial charge is 0.407 e. The van der Waals surface area contributed by atoms with Crippen LogP contribution in [0.25, 0.3) is 0 Å². The molecule has 0 spiro atoms. The lowest BCUT2D eigenvalue weighted by atomic mass is 9.70. The van der Waals surface area contributed by atoms with Gasteiger partial charge in [0.15, 0.2) is 0 Å². The Morgan fingerprint density at radius 2 is 1.57 bits per heavy atom. The summed E-state index contributed by atoms with van der Waals surface area (Å²) >= 11 is 0. The summed E-state index contributed by atoms with van der Waals surface area (Å²) in [5.41, 5.74) is 4.19. The number of carbonyl (C=O) groups excluding carboxylic acids is 2. The van der Waals surface area contributed by atoms with Gasteiger partial charge in [-0.25, -0.2) is 10.3 Å². The van der Waals surface area contributed by atoms with E-state index in [9.17, 15) is 29.8 Å². The lowest BCUT2D eigenvalue weighted by Crippen LogP contribution is -2.54. The molecular weight excluding hydrogens is 476 g/mol. The van der Waals surface area contributed by atoms with E-state index < -0.39 is 36.0 Å². The summed E-state index contributed by atoms with van der Waals surface area (Å²) in [6.07, 6.45) is -0.334. The van der Waals surface area contributed by atoms with Gasteiger partial charge in [0.2, 0.25) is 11.8 Å². The van der Waals surface area contributed by atoms with E-state index >= 15 is 0 Å². The lowest BCUT2D eigenvalue weighted by molar-refractivity contribution is -0.148. The van der Waals surface area contributed by atoms with Gasteiger partial charge >= 0.3 is 6.09 Å². The molecule has 4 N–H and O–H groups in total. The SMILES string of the molecule is CC(C)(C)c1ccc(N2CCN(C(=O)[C@H]3CC[C@H](C4[C@H](O)CCN4C(=O)O)C[C@@H]3C(=O)NO)CC2)cc1. The number of carboxylic acid groups (broad SMARTS) is 1. The third-order valence-corrected chi connectivity index (χ3v) is 8.49. The molecule has 2 aliphatic heterocycles. The fourth-order valence-corrected chi connectivity index (χ4v) is 6.36. The number of benzene rings is 1. The monoisotopic (exact) mass is 516 g/mol. The first kappa shape index (κ1) is 27.2. The van der Waals surface area contributed by atoms with Crippen molar-refractivity contribution in [3.05, 3.63) is 29.8 Å². The molecule has 3 fully saturated rings. The van der Waals surface area contributed by atoms with Crippen LogP contribution in [0.1, 0.15) is 52.0 Å². The maximum Gasteiger partial charge on any atom is 0.407 e. The number of aliphatic hydroxyl groups excluding tert-OH is 1. The second-order valence-electron chi connectivity index (χ2n) is 11.7. The molecule has 2 heterocycles. The second kappa shape index (κ2) is 10.9. The van der Waals surface area contributed by atoms with Gasteiger partial charge in [-0.1, -0.05) is 32.9 Å². The molecule has 0 aromatic heterocycles. The van der Waals surface area contributed by atoms with Crippen LogP contribution < -0.4 is 10.4 Å². The Hall–Kier alpha value is -2.85. The number of hydrogen-bond acceptors (Lipinski definition) is 6. The predicted octanol–water partition coefficient (Wildman–Crippen LogP) is 2.28. The second-order valence-corrected chi connectivity index (χ2v) is 11.7. The van der Waals surface area contributed by atoms with Crippen LogP contribution in [0.15, 0.2) is 24.3 Å². The van der Waals surface area contributed by atoms with Gasteiger partial charge in [0.1, 0.15) is 0 Å². The Morgan fingerprint density at radius 3 is 2.14 bits per heavy atom. The van der Waals surface area contributed by atoms with Gasteiger partial charge in [0, 0.05) is 44.3 Å². The van der Waals surface area contributed by atoms with Gasteiger partial charge in [-0.3, -0.25) is 14.8 Å². The van der Waals surface area contributed by atoms with E-state index in [-0.39, 0.29) is 30.2 Å². The molecule has 3 aliphatic rings. The first-order valence-corrected chi connectivity index (χ1v) is 13.3. The van der Waals surface area contributed by atoms with E-state index in [2.05, 4.69) is 49.9 Å². The molecule has 5 atom stereocenters. The molecule has 3 amide bonds. The van der Waals surface area contributed by atoms with Gasteiger partial charge < -0.3 is 24.9 Å². The average molecular weight is 517 g/mol. The number of nitrogens with one attached hydrogen (secondary N) is 1. The van der Waals surface area contributed by atoms with E-state index in [0.717, 1.165) is 5.69 Å². The largest absolute Gasteiger partial charge is 0.465 e. The topological polar surface area (TPSA) is 134 Å². The van der Waals surface area contributed by atoms with Crippen molar-refractivity contribution in [3.63, 3.8) is 0 Å². The number of hydroxylamine groups is 1. The molecule has 10 nitrogen and oxygen atoms in total. The normalized spacial score (nSPS) is 28.8. The maximum atomic E-state index is 13.5. The van der Waals surface area contributed by atoms with Crippen molar-refractivity contribution in [1.82, 2.24) is 15.3 Å². The Kier molecular flexibility index (Phi) is 7.99. The van der Waals surface area contributed by atoms with Gasteiger partial charge in [-0.2, -0.15) is 0 Å². The van der Waals surface area contributed by atoms with Crippen molar-refractivity contribution in [2.75, 3.05) is 37.6 Å². The maximum absolute atomic E-state index is 13.5. The molecule has 1 aromatic carbocycles. The Morgan fingerprint density at radius 1 is 0.919 bits per heavy atom. The van der Waals surface area contributed by atoms with Crippen LogP contribution >= 0.6 is 0 Å². The summed E-state index contributed by atoms with van der Waals surface area (Å²) in [4.78, 5) is 43.1. The van der Waals surface area contributed by atoms with Crippen LogP contribution in [0.3, 0.4) is 0 Å². The van der Waals surface area contributed by atoms with Crippen LogP contribution in [-0.4, -0.2) is 88.0 Å². The number of likely N-dealkylation sites (tertiary alicyclic amines) is 1. The highest BCUT2D eigenvalue weighted by Gasteiger charge is 2.48. The van der Waals surface area contributed by atoms with E-state index in [4.69, 9.17) is 0 Å². The highest BCUT2D eigenvalue weighted by molar-refractivity contribution is 5.87. The molecule has 1 unspecified atom stereocenters. The zero-order chi connectivity index (χ0) is 26.9. The van der Waals surface area contributed by atoms with Crippen LogP contribution in [-0.2, 0) is 15.0 Å². The average Bonchev–Trinajstić information content (AvgIpc) is 3.28. The molecule has 0 bridgehead atoms.